The monoisotopic (exact) mass is 324 g/mol. The minimum atomic E-state index is -5.66. The molecule has 1 heterocycles. The lowest BCUT2D eigenvalue weighted by Gasteiger charge is -2.34. The standard InChI is InChI=1S/C12H15F3N2O3S/c1-16-6-8-17(9-7-16)10-4-2-3-5-11(10)20-21(18,19)12(13,14)15/h2-5H,6-9H2,1H3. The first kappa shape index (κ1) is 15.9. The van der Waals surface area contributed by atoms with Crippen LogP contribution in [0.15, 0.2) is 24.3 Å². The zero-order chi connectivity index (χ0) is 15.7. The first-order valence-corrected chi connectivity index (χ1v) is 7.65. The maximum Gasteiger partial charge on any atom is 0.534 e. The Bertz CT molecular complexity index is 596. The number of anilines is 1. The molecule has 0 bridgehead atoms. The van der Waals surface area contributed by atoms with Crippen molar-refractivity contribution in [1.29, 1.82) is 0 Å². The van der Waals surface area contributed by atoms with Crippen LogP contribution in [0, 0.1) is 0 Å². The molecule has 1 aromatic carbocycles. The number of piperazine rings is 1. The zero-order valence-electron chi connectivity index (χ0n) is 11.3. The van der Waals surface area contributed by atoms with Gasteiger partial charge in [0.25, 0.3) is 0 Å². The summed E-state index contributed by atoms with van der Waals surface area (Å²) >= 11 is 0. The SMILES string of the molecule is CN1CCN(c2ccccc2OS(=O)(=O)C(F)(F)F)CC1. The van der Waals surface area contributed by atoms with Crippen LogP contribution >= 0.6 is 0 Å². The predicted octanol–water partition coefficient (Wildman–Crippen LogP) is 1.67. The third-order valence-corrected chi connectivity index (χ3v) is 4.16. The van der Waals surface area contributed by atoms with Crippen molar-refractivity contribution in [3.8, 4) is 5.75 Å². The van der Waals surface area contributed by atoms with Crippen LogP contribution in [-0.2, 0) is 10.1 Å². The van der Waals surface area contributed by atoms with Crippen molar-refractivity contribution >= 4 is 15.8 Å². The predicted molar refractivity (Wildman–Crippen MR) is 71.8 cm³/mol. The van der Waals surface area contributed by atoms with Gasteiger partial charge in [-0.25, -0.2) is 0 Å². The summed E-state index contributed by atoms with van der Waals surface area (Å²) in [6.07, 6.45) is 0. The van der Waals surface area contributed by atoms with Gasteiger partial charge in [-0.3, -0.25) is 0 Å². The van der Waals surface area contributed by atoms with Crippen molar-refractivity contribution in [1.82, 2.24) is 4.90 Å². The van der Waals surface area contributed by atoms with Crippen molar-refractivity contribution in [2.45, 2.75) is 5.51 Å². The van der Waals surface area contributed by atoms with E-state index in [1.54, 1.807) is 17.0 Å². The lowest BCUT2D eigenvalue weighted by molar-refractivity contribution is -0.0499. The van der Waals surface area contributed by atoms with Gasteiger partial charge in [-0.05, 0) is 19.2 Å². The van der Waals surface area contributed by atoms with Crippen LogP contribution in [0.25, 0.3) is 0 Å². The van der Waals surface area contributed by atoms with E-state index in [2.05, 4.69) is 9.08 Å². The second-order valence-corrected chi connectivity index (χ2v) is 6.28. The summed E-state index contributed by atoms with van der Waals surface area (Å²) in [6.45, 7) is 2.65. The molecule has 0 spiro atoms. The number of rotatable bonds is 3. The molecule has 2 rings (SSSR count). The Morgan fingerprint density at radius 3 is 2.24 bits per heavy atom. The number of hydrogen-bond acceptors (Lipinski definition) is 5. The van der Waals surface area contributed by atoms with E-state index >= 15 is 0 Å². The maximum atomic E-state index is 12.4. The third-order valence-electron chi connectivity index (χ3n) is 3.19. The number of likely N-dealkylation sites (N-methyl/N-ethyl adjacent to an activating group) is 1. The van der Waals surface area contributed by atoms with Crippen LogP contribution in [0.1, 0.15) is 0 Å². The van der Waals surface area contributed by atoms with Crippen LogP contribution in [0.5, 0.6) is 5.75 Å². The Morgan fingerprint density at radius 1 is 1.10 bits per heavy atom. The largest absolute Gasteiger partial charge is 0.534 e. The Hall–Kier alpha value is -1.48. The highest BCUT2D eigenvalue weighted by atomic mass is 32.2. The molecular formula is C12H15F3N2O3S. The molecule has 0 aromatic heterocycles. The molecule has 0 unspecified atom stereocenters. The normalized spacial score (nSPS) is 17.8. The van der Waals surface area contributed by atoms with Gasteiger partial charge in [0.05, 0.1) is 5.69 Å². The number of nitrogens with zero attached hydrogens (tertiary/aromatic N) is 2. The fourth-order valence-electron chi connectivity index (χ4n) is 2.00. The fraction of sp³-hybridized carbons (Fsp3) is 0.500. The van der Waals surface area contributed by atoms with Gasteiger partial charge in [-0.2, -0.15) is 21.6 Å². The van der Waals surface area contributed by atoms with Gasteiger partial charge in [0.1, 0.15) is 0 Å². The smallest absolute Gasteiger partial charge is 0.374 e. The minimum Gasteiger partial charge on any atom is -0.374 e. The van der Waals surface area contributed by atoms with E-state index in [9.17, 15) is 21.6 Å². The van der Waals surface area contributed by atoms with Crippen molar-refractivity contribution in [3.05, 3.63) is 24.3 Å². The molecule has 0 aliphatic carbocycles. The van der Waals surface area contributed by atoms with Gasteiger partial charge in [-0.15, -0.1) is 0 Å². The fourth-order valence-corrected chi connectivity index (χ4v) is 2.47. The van der Waals surface area contributed by atoms with Gasteiger partial charge in [0.2, 0.25) is 0 Å². The van der Waals surface area contributed by atoms with E-state index in [1.807, 2.05) is 7.05 Å². The van der Waals surface area contributed by atoms with E-state index in [4.69, 9.17) is 0 Å². The highest BCUT2D eigenvalue weighted by Crippen LogP contribution is 2.33. The molecule has 1 saturated heterocycles. The molecular weight excluding hydrogens is 309 g/mol. The third kappa shape index (κ3) is 3.59. The summed E-state index contributed by atoms with van der Waals surface area (Å²) in [6, 6.07) is 5.82. The summed E-state index contributed by atoms with van der Waals surface area (Å²) in [5.74, 6) is -0.306. The summed E-state index contributed by atoms with van der Waals surface area (Å²) in [5, 5.41) is 0. The second kappa shape index (κ2) is 5.72. The maximum absolute atomic E-state index is 12.4. The van der Waals surface area contributed by atoms with Gasteiger partial charge < -0.3 is 14.0 Å². The van der Waals surface area contributed by atoms with Gasteiger partial charge >= 0.3 is 15.6 Å². The van der Waals surface area contributed by atoms with E-state index < -0.39 is 15.6 Å². The molecule has 1 aliphatic rings. The molecule has 5 nitrogen and oxygen atoms in total. The topological polar surface area (TPSA) is 49.9 Å². The first-order chi connectivity index (χ1) is 9.71. The van der Waals surface area contributed by atoms with Crippen molar-refractivity contribution in [3.63, 3.8) is 0 Å². The lowest BCUT2D eigenvalue weighted by atomic mass is 10.2. The Morgan fingerprint density at radius 2 is 1.67 bits per heavy atom. The number of benzene rings is 1. The molecule has 1 aromatic rings. The highest BCUT2D eigenvalue weighted by molar-refractivity contribution is 7.88. The molecule has 21 heavy (non-hydrogen) atoms. The zero-order valence-corrected chi connectivity index (χ0v) is 12.1. The van der Waals surface area contributed by atoms with Gasteiger partial charge in [0.15, 0.2) is 5.75 Å². The van der Waals surface area contributed by atoms with Crippen LogP contribution in [0.3, 0.4) is 0 Å². The second-order valence-electron chi connectivity index (χ2n) is 4.74. The Kier molecular flexibility index (Phi) is 4.33. The number of alkyl halides is 3. The molecule has 9 heteroatoms. The Balaban J connectivity index is 2.26. The minimum absolute atomic E-state index is 0.306. The number of para-hydroxylation sites is 2. The van der Waals surface area contributed by atoms with Crippen LogP contribution in [-0.4, -0.2) is 52.1 Å². The van der Waals surface area contributed by atoms with E-state index in [1.165, 1.54) is 12.1 Å². The number of hydrogen-bond donors (Lipinski definition) is 0. The average molecular weight is 324 g/mol. The molecule has 0 N–H and O–H groups in total. The average Bonchev–Trinajstić information content (AvgIpc) is 2.39. The molecule has 0 amide bonds. The van der Waals surface area contributed by atoms with Crippen molar-refractivity contribution < 1.29 is 25.8 Å². The van der Waals surface area contributed by atoms with E-state index in [0.717, 1.165) is 13.1 Å². The van der Waals surface area contributed by atoms with Crippen LogP contribution < -0.4 is 9.08 Å². The van der Waals surface area contributed by atoms with Crippen LogP contribution in [0.2, 0.25) is 0 Å². The van der Waals surface area contributed by atoms with E-state index in [0.29, 0.717) is 18.8 Å². The van der Waals surface area contributed by atoms with Gasteiger partial charge in [0, 0.05) is 26.2 Å². The lowest BCUT2D eigenvalue weighted by Crippen LogP contribution is -2.44. The molecule has 0 saturated carbocycles. The van der Waals surface area contributed by atoms with Gasteiger partial charge in [-0.1, -0.05) is 12.1 Å². The summed E-state index contributed by atoms with van der Waals surface area (Å²) in [5.41, 5.74) is -5.10. The molecule has 1 fully saturated rings. The summed E-state index contributed by atoms with van der Waals surface area (Å²) in [4.78, 5) is 3.88. The van der Waals surface area contributed by atoms with Crippen molar-refractivity contribution in [2.24, 2.45) is 0 Å². The molecule has 0 radical (unpaired) electrons. The molecule has 118 valence electrons. The summed E-state index contributed by atoms with van der Waals surface area (Å²) < 4.78 is 63.8. The number of halogens is 3. The van der Waals surface area contributed by atoms with Crippen LogP contribution in [0.4, 0.5) is 18.9 Å². The Labute approximate surface area is 121 Å². The quantitative estimate of drug-likeness (QED) is 0.625. The molecule has 1 aliphatic heterocycles. The highest BCUT2D eigenvalue weighted by Gasteiger charge is 2.48. The summed E-state index contributed by atoms with van der Waals surface area (Å²) in [7, 11) is -3.72. The molecule has 0 atom stereocenters. The first-order valence-electron chi connectivity index (χ1n) is 6.24. The van der Waals surface area contributed by atoms with E-state index in [-0.39, 0.29) is 5.75 Å². The van der Waals surface area contributed by atoms with Crippen molar-refractivity contribution in [2.75, 3.05) is 38.1 Å².